The minimum atomic E-state index is -0.641. The summed E-state index contributed by atoms with van der Waals surface area (Å²) in [6, 6.07) is 47.1. The Morgan fingerprint density at radius 3 is 1.24 bits per heavy atom. The largest absolute Gasteiger partial charge is 0.364 e. The van der Waals surface area contributed by atoms with E-state index in [4.69, 9.17) is 0 Å². The van der Waals surface area contributed by atoms with Crippen molar-refractivity contribution < 1.29 is 9.59 Å². The molecule has 0 radical (unpaired) electrons. The Balaban J connectivity index is 0.984. The molecule has 66 heavy (non-hydrogen) atoms. The van der Waals surface area contributed by atoms with Gasteiger partial charge in [-0.2, -0.15) is 15.8 Å². The number of hydrogen-bond acceptors (Lipinski definition) is 6. The summed E-state index contributed by atoms with van der Waals surface area (Å²) < 4.78 is 0. The number of carbonyl (C=O) groups excluding carboxylic acids is 2. The highest BCUT2D eigenvalue weighted by Crippen LogP contribution is 2.75. The summed E-state index contributed by atoms with van der Waals surface area (Å²) in [4.78, 5) is 30.5. The summed E-state index contributed by atoms with van der Waals surface area (Å²) in [6.07, 6.45) is 5.82. The van der Waals surface area contributed by atoms with Crippen molar-refractivity contribution in [3.63, 3.8) is 0 Å². The van der Waals surface area contributed by atoms with Crippen LogP contribution in [0.25, 0.3) is 5.57 Å². The van der Waals surface area contributed by atoms with E-state index in [0.29, 0.717) is 27.8 Å². The van der Waals surface area contributed by atoms with Gasteiger partial charge in [-0.15, -0.1) is 0 Å². The molecule has 2 heterocycles. The molecule has 2 amide bonds. The van der Waals surface area contributed by atoms with Gasteiger partial charge in [0, 0.05) is 47.5 Å². The van der Waals surface area contributed by atoms with E-state index in [9.17, 15) is 25.4 Å². The summed E-state index contributed by atoms with van der Waals surface area (Å²) in [5.41, 5.74) is 12.0. The number of fused-ring (bicyclic) bond motifs is 3. The van der Waals surface area contributed by atoms with Crippen LogP contribution in [-0.2, 0) is 31.2 Å². The number of benzene rings is 5. The summed E-state index contributed by atoms with van der Waals surface area (Å²) in [5, 5.41) is 29.3. The SMILES string of the molecule is CC1=C2c3ccc(C#Cc4ccc(C56CC7(c8ccc(C#N)cc8)CC(c8ccc(C#N)cc8)(CC(c8ccc(C#N)cc8)(C7)C5)C6)cc4)cc3N(C)C2(C)C(C)(C)C2=C1C(=O)N(C)C2=O. The van der Waals surface area contributed by atoms with Crippen molar-refractivity contribution in [3.8, 4) is 30.0 Å². The molecule has 0 N–H and O–H groups in total. The molecule has 0 spiro atoms. The van der Waals surface area contributed by atoms with Crippen LogP contribution in [0.2, 0.25) is 0 Å². The second-order valence-electron chi connectivity index (χ2n) is 21.0. The smallest absolute Gasteiger partial charge is 0.261 e. The van der Waals surface area contributed by atoms with Crippen molar-refractivity contribution in [2.24, 2.45) is 5.41 Å². The predicted octanol–water partition coefficient (Wildman–Crippen LogP) is 10.5. The third kappa shape index (κ3) is 5.41. The van der Waals surface area contributed by atoms with Crippen molar-refractivity contribution >= 4 is 23.1 Å². The van der Waals surface area contributed by atoms with Gasteiger partial charge in [-0.25, -0.2) is 0 Å². The zero-order valence-electron chi connectivity index (χ0n) is 38.3. The Kier molecular flexibility index (Phi) is 8.62. The van der Waals surface area contributed by atoms with E-state index in [1.165, 1.54) is 27.2 Å². The second-order valence-corrected chi connectivity index (χ2v) is 21.0. The first-order valence-corrected chi connectivity index (χ1v) is 22.9. The summed E-state index contributed by atoms with van der Waals surface area (Å²) >= 11 is 0. The van der Waals surface area contributed by atoms with Gasteiger partial charge in [0.15, 0.2) is 0 Å². The number of imide groups is 1. The lowest BCUT2D eigenvalue weighted by Crippen LogP contribution is -2.67. The van der Waals surface area contributed by atoms with Gasteiger partial charge < -0.3 is 4.90 Å². The van der Waals surface area contributed by atoms with Crippen LogP contribution in [0.15, 0.2) is 132 Å². The normalized spacial score (nSPS) is 28.5. The number of likely N-dealkylation sites (N-methyl/N-ethyl adjacent to an activating group) is 2. The number of nitrogens with zero attached hydrogens (tertiary/aromatic N) is 5. The molecule has 2 aliphatic heterocycles. The maximum atomic E-state index is 13.5. The highest BCUT2D eigenvalue weighted by Gasteiger charge is 2.69. The first kappa shape index (κ1) is 41.3. The van der Waals surface area contributed by atoms with Crippen molar-refractivity contribution in [3.05, 3.63) is 188 Å². The molecule has 7 nitrogen and oxygen atoms in total. The van der Waals surface area contributed by atoms with Crippen molar-refractivity contribution in [2.75, 3.05) is 19.0 Å². The Hall–Kier alpha value is -7.45. The molecule has 5 aromatic rings. The average Bonchev–Trinajstić information content (AvgIpc) is 3.71. The molecule has 4 fully saturated rings. The van der Waals surface area contributed by atoms with Crippen LogP contribution < -0.4 is 4.90 Å². The number of anilines is 1. The molecule has 7 heteroatoms. The Bertz CT molecular complexity index is 3060. The number of rotatable bonds is 4. The van der Waals surface area contributed by atoms with Crippen molar-refractivity contribution in [1.29, 1.82) is 15.8 Å². The van der Waals surface area contributed by atoms with Gasteiger partial charge in [0.1, 0.15) is 0 Å². The summed E-state index contributed by atoms with van der Waals surface area (Å²) in [6.45, 7) is 8.34. The van der Waals surface area contributed by atoms with Crippen LogP contribution in [0.3, 0.4) is 0 Å². The molecule has 4 saturated carbocycles. The molecule has 4 bridgehead atoms. The quantitative estimate of drug-likeness (QED) is 0.131. The van der Waals surface area contributed by atoms with E-state index in [1.54, 1.807) is 7.05 Å². The predicted molar refractivity (Wildman–Crippen MR) is 255 cm³/mol. The number of carbonyl (C=O) groups is 2. The fraction of sp³-hybridized carbons (Fsp3) is 0.305. The fourth-order valence-corrected chi connectivity index (χ4v) is 14.6. The van der Waals surface area contributed by atoms with Crippen molar-refractivity contribution in [2.45, 2.75) is 93.4 Å². The molecule has 5 aliphatic carbocycles. The number of nitriles is 3. The maximum Gasteiger partial charge on any atom is 0.261 e. The van der Waals surface area contributed by atoms with Crippen molar-refractivity contribution in [1.82, 2.24) is 4.90 Å². The molecule has 322 valence electrons. The standard InChI is InChI=1S/C59H49N5O2/c1-37-49-51(53(66)63(5)52(49)65)54(2,3)55(4)50(37)47-26-17-39(27-48(47)64(55)6)8-7-38-9-18-43(19-10-38)56-31-57(44-20-11-40(28-60)12-21-44)34-58(32-56,45-22-13-41(29-61)14-23-45)36-59(33-56,35-57)46-24-15-42(30-62)16-25-46/h9-27H,31-36H2,1-6H3. The minimum absolute atomic E-state index is 0.195. The van der Waals surface area contributed by atoms with E-state index in [1.807, 2.05) is 43.3 Å². The highest BCUT2D eigenvalue weighted by atomic mass is 16.2. The summed E-state index contributed by atoms with van der Waals surface area (Å²) in [5.74, 6) is 6.51. The molecule has 1 atom stereocenters. The number of amides is 2. The molecular formula is C59H49N5O2. The first-order valence-electron chi connectivity index (χ1n) is 22.9. The number of hydrogen-bond donors (Lipinski definition) is 0. The van der Waals surface area contributed by atoms with Crippen LogP contribution in [0.4, 0.5) is 5.69 Å². The lowest BCUT2D eigenvalue weighted by atomic mass is 9.32. The third-order valence-corrected chi connectivity index (χ3v) is 17.5. The molecule has 5 aromatic carbocycles. The van der Waals surface area contributed by atoms with E-state index in [0.717, 1.165) is 72.0 Å². The van der Waals surface area contributed by atoms with Gasteiger partial charge in [-0.05, 0) is 168 Å². The van der Waals surface area contributed by atoms with E-state index < -0.39 is 11.0 Å². The van der Waals surface area contributed by atoms with Crippen LogP contribution >= 0.6 is 0 Å². The zero-order chi connectivity index (χ0) is 46.2. The van der Waals surface area contributed by atoms with E-state index in [2.05, 4.69) is 142 Å². The van der Waals surface area contributed by atoms with Gasteiger partial charge in [-0.3, -0.25) is 14.5 Å². The van der Waals surface area contributed by atoms with Gasteiger partial charge in [-0.1, -0.05) is 80.3 Å². The van der Waals surface area contributed by atoms with Crippen LogP contribution in [-0.4, -0.2) is 36.3 Å². The van der Waals surface area contributed by atoms with Crippen LogP contribution in [0.1, 0.15) is 122 Å². The summed E-state index contributed by atoms with van der Waals surface area (Å²) in [7, 11) is 3.66. The zero-order valence-corrected chi connectivity index (χ0v) is 38.3. The highest BCUT2D eigenvalue weighted by molar-refractivity contribution is 6.24. The average molecular weight is 860 g/mol. The lowest BCUT2D eigenvalue weighted by molar-refractivity contribution is -0.136. The maximum absolute atomic E-state index is 13.5. The molecule has 0 saturated heterocycles. The van der Waals surface area contributed by atoms with E-state index in [-0.39, 0.29) is 33.5 Å². The Morgan fingerprint density at radius 2 is 0.848 bits per heavy atom. The van der Waals surface area contributed by atoms with Gasteiger partial charge in [0.05, 0.1) is 46.0 Å². The topological polar surface area (TPSA) is 112 Å². The first-order chi connectivity index (χ1) is 31.6. The second kappa shape index (κ2) is 13.8. The monoisotopic (exact) mass is 859 g/mol. The molecule has 0 aromatic heterocycles. The molecule has 1 unspecified atom stereocenters. The molecule has 12 rings (SSSR count). The lowest BCUT2D eigenvalue weighted by Gasteiger charge is -2.71. The van der Waals surface area contributed by atoms with Gasteiger partial charge >= 0.3 is 0 Å². The van der Waals surface area contributed by atoms with Gasteiger partial charge in [0.25, 0.3) is 11.8 Å². The fourth-order valence-electron chi connectivity index (χ4n) is 14.6. The third-order valence-electron chi connectivity index (χ3n) is 17.5. The minimum Gasteiger partial charge on any atom is -0.364 e. The molecule has 7 aliphatic rings. The molecular weight excluding hydrogens is 811 g/mol. The van der Waals surface area contributed by atoms with Crippen LogP contribution in [0.5, 0.6) is 0 Å². The Morgan fingerprint density at radius 1 is 0.485 bits per heavy atom. The van der Waals surface area contributed by atoms with E-state index >= 15 is 0 Å². The van der Waals surface area contributed by atoms with Gasteiger partial charge in [0.2, 0.25) is 0 Å². The van der Waals surface area contributed by atoms with Crippen LogP contribution in [0, 0.1) is 51.2 Å². The Labute approximate surface area is 387 Å².